The molecule has 6 nitrogen and oxygen atoms in total. The number of rotatable bonds is 4. The van der Waals surface area contributed by atoms with Crippen LogP contribution in [0, 0.1) is 17.0 Å². The molecule has 24 heavy (non-hydrogen) atoms. The molecule has 0 aliphatic rings. The van der Waals surface area contributed by atoms with E-state index in [1.54, 1.807) is 30.3 Å². The summed E-state index contributed by atoms with van der Waals surface area (Å²) in [6, 6.07) is 12.6. The molecular weight excluding hydrogens is 328 g/mol. The first-order valence-corrected chi connectivity index (χ1v) is 8.84. The third-order valence-electron chi connectivity index (χ3n) is 3.75. The maximum absolute atomic E-state index is 12.6. The minimum absolute atomic E-state index is 0.147. The summed E-state index contributed by atoms with van der Waals surface area (Å²) in [6.45, 7) is 1.86. The van der Waals surface area contributed by atoms with E-state index >= 15 is 0 Å². The molecule has 0 unspecified atom stereocenters. The lowest BCUT2D eigenvalue weighted by atomic mass is 10.1. The molecule has 3 rings (SSSR count). The van der Waals surface area contributed by atoms with Gasteiger partial charge in [0.25, 0.3) is 5.69 Å². The van der Waals surface area contributed by atoms with Crippen LogP contribution in [-0.4, -0.2) is 18.3 Å². The highest BCUT2D eigenvalue weighted by Gasteiger charge is 2.24. The lowest BCUT2D eigenvalue weighted by Gasteiger charge is -2.08. The van der Waals surface area contributed by atoms with E-state index in [1.165, 1.54) is 24.4 Å². The van der Waals surface area contributed by atoms with Gasteiger partial charge in [0.15, 0.2) is 9.84 Å². The number of fused-ring (bicyclic) bond motifs is 1. The number of sulfone groups is 1. The van der Waals surface area contributed by atoms with Gasteiger partial charge < -0.3 is 0 Å². The minimum atomic E-state index is -3.68. The van der Waals surface area contributed by atoms with Crippen LogP contribution < -0.4 is 0 Å². The first-order valence-electron chi connectivity index (χ1n) is 7.19. The monoisotopic (exact) mass is 342 g/mol. The zero-order valence-corrected chi connectivity index (χ0v) is 13.7. The first kappa shape index (κ1) is 16.1. The maximum Gasteiger partial charge on any atom is 0.282 e. The molecule has 0 amide bonds. The molecule has 0 radical (unpaired) electrons. The van der Waals surface area contributed by atoms with Crippen molar-refractivity contribution in [1.29, 1.82) is 0 Å². The highest BCUT2D eigenvalue weighted by molar-refractivity contribution is 7.90. The Morgan fingerprint density at radius 2 is 1.79 bits per heavy atom. The molecule has 0 aliphatic carbocycles. The minimum Gasteiger partial charge on any atom is -0.258 e. The van der Waals surface area contributed by atoms with E-state index in [0.717, 1.165) is 5.56 Å². The molecular formula is C17H14N2O4S. The van der Waals surface area contributed by atoms with Crippen LogP contribution >= 0.6 is 0 Å². The van der Waals surface area contributed by atoms with Crippen LogP contribution in [0.25, 0.3) is 10.9 Å². The van der Waals surface area contributed by atoms with Crippen LogP contribution in [0.2, 0.25) is 0 Å². The third kappa shape index (κ3) is 2.98. The summed E-state index contributed by atoms with van der Waals surface area (Å²) in [5, 5.41) is 11.8. The van der Waals surface area contributed by atoms with Crippen molar-refractivity contribution in [3.8, 4) is 0 Å². The second kappa shape index (κ2) is 6.01. The Morgan fingerprint density at radius 1 is 1.08 bits per heavy atom. The number of hydrogen-bond donors (Lipinski definition) is 0. The van der Waals surface area contributed by atoms with Gasteiger partial charge in [0, 0.05) is 11.8 Å². The quantitative estimate of drug-likeness (QED) is 0.535. The van der Waals surface area contributed by atoms with Gasteiger partial charge in [0.1, 0.15) is 0 Å². The smallest absolute Gasteiger partial charge is 0.258 e. The Bertz CT molecular complexity index is 1030. The molecule has 0 bridgehead atoms. The number of benzene rings is 2. The van der Waals surface area contributed by atoms with Crippen molar-refractivity contribution in [2.75, 3.05) is 0 Å². The van der Waals surface area contributed by atoms with E-state index < -0.39 is 20.5 Å². The summed E-state index contributed by atoms with van der Waals surface area (Å²) >= 11 is 0. The highest BCUT2D eigenvalue weighted by Crippen LogP contribution is 2.31. The van der Waals surface area contributed by atoms with Gasteiger partial charge in [-0.05, 0) is 43.3 Å². The van der Waals surface area contributed by atoms with Gasteiger partial charge in [-0.15, -0.1) is 0 Å². The van der Waals surface area contributed by atoms with Crippen molar-refractivity contribution in [2.45, 2.75) is 17.6 Å². The molecule has 0 N–H and O–H groups in total. The summed E-state index contributed by atoms with van der Waals surface area (Å²) in [5.74, 6) is -0.433. The van der Waals surface area contributed by atoms with Gasteiger partial charge in [-0.3, -0.25) is 15.1 Å². The fourth-order valence-corrected chi connectivity index (χ4v) is 3.91. The highest BCUT2D eigenvalue weighted by atomic mass is 32.2. The first-order chi connectivity index (χ1) is 11.4. The third-order valence-corrected chi connectivity index (χ3v) is 5.43. The summed E-state index contributed by atoms with van der Waals surface area (Å²) in [6.07, 6.45) is 1.54. The number of nitro benzene ring substituents is 1. The average molecular weight is 342 g/mol. The molecule has 122 valence electrons. The van der Waals surface area contributed by atoms with Crippen molar-refractivity contribution >= 4 is 26.4 Å². The number of nitrogens with zero attached hydrogens (tertiary/aromatic N) is 2. The molecule has 0 atom stereocenters. The standard InChI is InChI=1S/C17H14N2O4S/c1-12-4-7-14(8-5-12)24(22,23)11-13-6-9-16-15(3-2-10-18-16)17(13)19(20)21/h2-10H,11H2,1H3. The van der Waals surface area contributed by atoms with Crippen molar-refractivity contribution in [1.82, 2.24) is 4.98 Å². The lowest BCUT2D eigenvalue weighted by Crippen LogP contribution is -2.07. The molecule has 0 saturated carbocycles. The van der Waals surface area contributed by atoms with Gasteiger partial charge in [0.05, 0.1) is 26.5 Å². The van der Waals surface area contributed by atoms with E-state index in [0.29, 0.717) is 10.9 Å². The summed E-state index contributed by atoms with van der Waals surface area (Å²) in [5.41, 5.74) is 1.34. The summed E-state index contributed by atoms with van der Waals surface area (Å²) in [4.78, 5) is 15.2. The number of pyridine rings is 1. The average Bonchev–Trinajstić information content (AvgIpc) is 2.54. The van der Waals surface area contributed by atoms with Gasteiger partial charge in [-0.1, -0.05) is 17.7 Å². The second-order valence-electron chi connectivity index (χ2n) is 5.47. The van der Waals surface area contributed by atoms with Crippen LogP contribution in [-0.2, 0) is 15.6 Å². The van der Waals surface area contributed by atoms with Crippen LogP contribution in [0.1, 0.15) is 11.1 Å². The maximum atomic E-state index is 12.6. The zero-order chi connectivity index (χ0) is 17.3. The molecule has 7 heteroatoms. The van der Waals surface area contributed by atoms with Crippen LogP contribution in [0.15, 0.2) is 59.6 Å². The van der Waals surface area contributed by atoms with E-state index in [-0.39, 0.29) is 16.1 Å². The number of hydrogen-bond acceptors (Lipinski definition) is 5. The van der Waals surface area contributed by atoms with Gasteiger partial charge in [0.2, 0.25) is 0 Å². The van der Waals surface area contributed by atoms with E-state index in [1.807, 2.05) is 6.92 Å². The Morgan fingerprint density at radius 3 is 2.46 bits per heavy atom. The molecule has 0 aliphatic heterocycles. The van der Waals surface area contributed by atoms with Crippen LogP contribution in [0.3, 0.4) is 0 Å². The lowest BCUT2D eigenvalue weighted by molar-refractivity contribution is -0.383. The largest absolute Gasteiger partial charge is 0.282 e. The van der Waals surface area contributed by atoms with Crippen molar-refractivity contribution in [2.24, 2.45) is 0 Å². The second-order valence-corrected chi connectivity index (χ2v) is 7.46. The number of aromatic nitrogens is 1. The molecule has 2 aromatic carbocycles. The topological polar surface area (TPSA) is 90.2 Å². The Hall–Kier alpha value is -2.80. The predicted octanol–water partition coefficient (Wildman–Crippen LogP) is 3.43. The summed E-state index contributed by atoms with van der Waals surface area (Å²) in [7, 11) is -3.68. The van der Waals surface area contributed by atoms with Crippen molar-refractivity contribution < 1.29 is 13.3 Å². The molecule has 0 spiro atoms. The Balaban J connectivity index is 2.11. The SMILES string of the molecule is Cc1ccc(S(=O)(=O)Cc2ccc3ncccc3c2[N+](=O)[O-])cc1. The fraction of sp³-hybridized carbons (Fsp3) is 0.118. The Kier molecular flexibility index (Phi) is 4.02. The van der Waals surface area contributed by atoms with E-state index in [4.69, 9.17) is 0 Å². The Labute approximate surface area is 138 Å². The van der Waals surface area contributed by atoms with Crippen molar-refractivity contribution in [3.05, 3.63) is 76.0 Å². The zero-order valence-electron chi connectivity index (χ0n) is 12.8. The molecule has 1 aromatic heterocycles. The van der Waals surface area contributed by atoms with Gasteiger partial charge >= 0.3 is 0 Å². The van der Waals surface area contributed by atoms with E-state index in [9.17, 15) is 18.5 Å². The summed E-state index contributed by atoms with van der Waals surface area (Å²) < 4.78 is 25.2. The molecule has 3 aromatic rings. The van der Waals surface area contributed by atoms with Crippen LogP contribution in [0.5, 0.6) is 0 Å². The normalized spacial score (nSPS) is 11.5. The molecule has 0 saturated heterocycles. The number of nitro groups is 1. The van der Waals surface area contributed by atoms with Crippen molar-refractivity contribution in [3.63, 3.8) is 0 Å². The molecule has 0 fully saturated rings. The van der Waals surface area contributed by atoms with E-state index in [2.05, 4.69) is 4.98 Å². The van der Waals surface area contributed by atoms with Crippen LogP contribution in [0.4, 0.5) is 5.69 Å². The van der Waals surface area contributed by atoms with Gasteiger partial charge in [-0.2, -0.15) is 0 Å². The fourth-order valence-electron chi connectivity index (χ4n) is 2.55. The van der Waals surface area contributed by atoms with Gasteiger partial charge in [-0.25, -0.2) is 8.42 Å². The number of aryl methyl sites for hydroxylation is 1. The predicted molar refractivity (Wildman–Crippen MR) is 90.5 cm³/mol. The molecule has 1 heterocycles.